The number of sulfonamides is 1. The Morgan fingerprint density at radius 2 is 1.48 bits per heavy atom. The fourth-order valence-corrected chi connectivity index (χ4v) is 3.25. The van der Waals surface area contributed by atoms with E-state index in [2.05, 4.69) is 16.1 Å². The Morgan fingerprint density at radius 3 is 2.00 bits per heavy atom. The summed E-state index contributed by atoms with van der Waals surface area (Å²) in [4.78, 5) is 0. The van der Waals surface area contributed by atoms with Crippen molar-refractivity contribution < 1.29 is 8.42 Å². The van der Waals surface area contributed by atoms with Crippen LogP contribution >= 0.6 is 0 Å². The molecule has 0 aliphatic rings. The first kappa shape index (κ1) is 16.8. The molecule has 0 heterocycles. The van der Waals surface area contributed by atoms with E-state index in [1.807, 2.05) is 19.1 Å². The maximum absolute atomic E-state index is 11.8. The Balaban J connectivity index is 2.00. The predicted molar refractivity (Wildman–Crippen MR) is 93.2 cm³/mol. The number of unbranched alkanes of at least 4 members (excludes halogenated alkanes) is 1. The molecule has 5 nitrogen and oxygen atoms in total. The fraction of sp³-hybridized carbons (Fsp3) is 0.235. The SMILES string of the molecule is CCCCS(=O)(=O)Nc1ccc(Nc2ccc(C#N)cc2)cc1. The van der Waals surface area contributed by atoms with Crippen LogP contribution in [0.5, 0.6) is 0 Å². The number of nitrogens with one attached hydrogen (secondary N) is 2. The van der Waals surface area contributed by atoms with Crippen LogP contribution in [0.3, 0.4) is 0 Å². The number of hydrogen-bond donors (Lipinski definition) is 2. The minimum absolute atomic E-state index is 0.134. The third kappa shape index (κ3) is 5.31. The van der Waals surface area contributed by atoms with Gasteiger partial charge in [0.2, 0.25) is 10.0 Å². The highest BCUT2D eigenvalue weighted by Gasteiger charge is 2.09. The third-order valence-electron chi connectivity index (χ3n) is 3.23. The van der Waals surface area contributed by atoms with Crippen molar-refractivity contribution in [2.75, 3.05) is 15.8 Å². The van der Waals surface area contributed by atoms with Crippen LogP contribution in [0.15, 0.2) is 48.5 Å². The van der Waals surface area contributed by atoms with Gasteiger partial charge in [0.15, 0.2) is 0 Å². The minimum Gasteiger partial charge on any atom is -0.356 e. The van der Waals surface area contributed by atoms with Gasteiger partial charge in [-0.05, 0) is 55.0 Å². The number of benzene rings is 2. The van der Waals surface area contributed by atoms with Crippen molar-refractivity contribution in [3.8, 4) is 6.07 Å². The Bertz CT molecular complexity index is 776. The van der Waals surface area contributed by atoms with Crippen LogP contribution in [0, 0.1) is 11.3 Å². The average molecular weight is 329 g/mol. The number of nitriles is 1. The van der Waals surface area contributed by atoms with Crippen LogP contribution in [-0.2, 0) is 10.0 Å². The third-order valence-corrected chi connectivity index (χ3v) is 4.60. The lowest BCUT2D eigenvalue weighted by Gasteiger charge is -2.10. The highest BCUT2D eigenvalue weighted by Crippen LogP contribution is 2.20. The second kappa shape index (κ2) is 7.65. The van der Waals surface area contributed by atoms with Crippen LogP contribution in [0.2, 0.25) is 0 Å². The lowest BCUT2D eigenvalue weighted by atomic mass is 10.2. The van der Waals surface area contributed by atoms with Crippen molar-refractivity contribution in [3.63, 3.8) is 0 Å². The van der Waals surface area contributed by atoms with Gasteiger partial charge in [-0.25, -0.2) is 8.42 Å². The first-order valence-electron chi connectivity index (χ1n) is 7.40. The van der Waals surface area contributed by atoms with Gasteiger partial charge in [-0.3, -0.25) is 4.72 Å². The lowest BCUT2D eigenvalue weighted by Crippen LogP contribution is -2.16. The van der Waals surface area contributed by atoms with Crippen LogP contribution in [0.1, 0.15) is 25.3 Å². The molecule has 2 N–H and O–H groups in total. The summed E-state index contributed by atoms with van der Waals surface area (Å²) < 4.78 is 26.3. The predicted octanol–water partition coefficient (Wildman–Crippen LogP) is 3.84. The molecule has 0 amide bonds. The van der Waals surface area contributed by atoms with Crippen LogP contribution in [0.25, 0.3) is 0 Å². The molecule has 0 spiro atoms. The molecular formula is C17H19N3O2S. The Morgan fingerprint density at radius 1 is 0.957 bits per heavy atom. The first-order chi connectivity index (χ1) is 11.0. The molecule has 2 rings (SSSR count). The number of rotatable bonds is 7. The van der Waals surface area contributed by atoms with Gasteiger partial charge >= 0.3 is 0 Å². The van der Waals surface area contributed by atoms with Gasteiger partial charge in [0.05, 0.1) is 17.4 Å². The van der Waals surface area contributed by atoms with Crippen LogP contribution < -0.4 is 10.0 Å². The summed E-state index contributed by atoms with van der Waals surface area (Å²) in [6.45, 7) is 1.96. The summed E-state index contributed by atoms with van der Waals surface area (Å²) in [6.07, 6.45) is 1.49. The van der Waals surface area contributed by atoms with E-state index in [1.165, 1.54) is 0 Å². The minimum atomic E-state index is -3.28. The molecule has 0 unspecified atom stereocenters. The summed E-state index contributed by atoms with van der Waals surface area (Å²) in [5.74, 6) is 0.134. The van der Waals surface area contributed by atoms with Gasteiger partial charge in [-0.15, -0.1) is 0 Å². The zero-order chi connectivity index (χ0) is 16.7. The van der Waals surface area contributed by atoms with Crippen LogP contribution in [-0.4, -0.2) is 14.2 Å². The van der Waals surface area contributed by atoms with E-state index in [0.29, 0.717) is 17.7 Å². The molecule has 0 bridgehead atoms. The molecule has 0 saturated heterocycles. The molecule has 0 radical (unpaired) electrons. The number of anilines is 3. The maximum atomic E-state index is 11.8. The summed E-state index contributed by atoms with van der Waals surface area (Å²) in [6, 6.07) is 16.2. The van der Waals surface area contributed by atoms with Crippen molar-refractivity contribution >= 4 is 27.1 Å². The molecule has 0 aliphatic heterocycles. The maximum Gasteiger partial charge on any atom is 0.232 e. The quantitative estimate of drug-likeness (QED) is 0.808. The van der Waals surface area contributed by atoms with E-state index in [4.69, 9.17) is 5.26 Å². The monoisotopic (exact) mass is 329 g/mol. The van der Waals surface area contributed by atoms with E-state index >= 15 is 0 Å². The molecule has 6 heteroatoms. The lowest BCUT2D eigenvalue weighted by molar-refractivity contribution is 0.598. The Hall–Kier alpha value is -2.52. The van der Waals surface area contributed by atoms with E-state index in [1.54, 1.807) is 36.4 Å². The van der Waals surface area contributed by atoms with E-state index in [-0.39, 0.29) is 5.75 Å². The fourth-order valence-electron chi connectivity index (χ4n) is 1.98. The van der Waals surface area contributed by atoms with E-state index < -0.39 is 10.0 Å². The molecule has 0 aromatic heterocycles. The van der Waals surface area contributed by atoms with Gasteiger partial charge < -0.3 is 5.32 Å². The van der Waals surface area contributed by atoms with Gasteiger partial charge in [-0.2, -0.15) is 5.26 Å². The van der Waals surface area contributed by atoms with Crippen molar-refractivity contribution in [1.29, 1.82) is 5.26 Å². The smallest absolute Gasteiger partial charge is 0.232 e. The molecule has 120 valence electrons. The summed E-state index contributed by atoms with van der Waals surface area (Å²) >= 11 is 0. The second-order valence-corrected chi connectivity index (χ2v) is 7.01. The molecule has 0 fully saturated rings. The van der Waals surface area contributed by atoms with Gasteiger partial charge in [0.1, 0.15) is 0 Å². The standard InChI is InChI=1S/C17H19N3O2S/c1-2-3-12-23(21,22)20-17-10-8-16(9-11-17)19-15-6-4-14(13-18)5-7-15/h4-11,19-20H,2-3,12H2,1H3. The summed E-state index contributed by atoms with van der Waals surface area (Å²) in [5.41, 5.74) is 2.85. The largest absolute Gasteiger partial charge is 0.356 e. The second-order valence-electron chi connectivity index (χ2n) is 5.17. The number of hydrogen-bond acceptors (Lipinski definition) is 4. The Kier molecular flexibility index (Phi) is 5.61. The number of nitrogens with zero attached hydrogens (tertiary/aromatic N) is 1. The van der Waals surface area contributed by atoms with Gasteiger partial charge in [-0.1, -0.05) is 13.3 Å². The van der Waals surface area contributed by atoms with Crippen molar-refractivity contribution in [1.82, 2.24) is 0 Å². The summed E-state index contributed by atoms with van der Waals surface area (Å²) in [7, 11) is -3.28. The topological polar surface area (TPSA) is 82.0 Å². The van der Waals surface area contributed by atoms with E-state index in [0.717, 1.165) is 17.8 Å². The zero-order valence-electron chi connectivity index (χ0n) is 12.9. The van der Waals surface area contributed by atoms with Gasteiger partial charge in [0.25, 0.3) is 0 Å². The highest BCUT2D eigenvalue weighted by molar-refractivity contribution is 7.92. The Labute approximate surface area is 137 Å². The zero-order valence-corrected chi connectivity index (χ0v) is 13.7. The molecular weight excluding hydrogens is 310 g/mol. The molecule has 2 aromatic rings. The van der Waals surface area contributed by atoms with Crippen molar-refractivity contribution in [2.24, 2.45) is 0 Å². The van der Waals surface area contributed by atoms with E-state index in [9.17, 15) is 8.42 Å². The normalized spacial score (nSPS) is 10.8. The van der Waals surface area contributed by atoms with Crippen LogP contribution in [0.4, 0.5) is 17.1 Å². The molecule has 2 aromatic carbocycles. The average Bonchev–Trinajstić information content (AvgIpc) is 2.55. The molecule has 23 heavy (non-hydrogen) atoms. The first-order valence-corrected chi connectivity index (χ1v) is 9.05. The summed E-state index contributed by atoms with van der Waals surface area (Å²) in [5, 5.41) is 12.0. The van der Waals surface area contributed by atoms with Crippen molar-refractivity contribution in [3.05, 3.63) is 54.1 Å². The van der Waals surface area contributed by atoms with Crippen molar-refractivity contribution in [2.45, 2.75) is 19.8 Å². The molecule has 0 aliphatic carbocycles. The van der Waals surface area contributed by atoms with Gasteiger partial charge in [0, 0.05) is 17.1 Å². The highest BCUT2D eigenvalue weighted by atomic mass is 32.2. The molecule has 0 saturated carbocycles. The molecule has 0 atom stereocenters.